The normalized spacial score (nSPS) is 19.1. The molecule has 0 spiro atoms. The minimum Gasteiger partial charge on any atom is -0.491 e. The molecule has 1 N–H and O–H groups in total. The van der Waals surface area contributed by atoms with Gasteiger partial charge in [0.15, 0.2) is 17.3 Å². The maximum atomic E-state index is 13.0. The number of alkyl halides is 3. The molecule has 10 heteroatoms. The summed E-state index contributed by atoms with van der Waals surface area (Å²) >= 11 is 5.98. The van der Waals surface area contributed by atoms with E-state index in [4.69, 9.17) is 30.2 Å². The Balaban J connectivity index is 1.37. The van der Waals surface area contributed by atoms with Crippen molar-refractivity contribution in [1.82, 2.24) is 0 Å². The number of aliphatic hydroxyl groups is 1. The molecule has 0 aliphatic heterocycles. The van der Waals surface area contributed by atoms with E-state index in [2.05, 4.69) is 0 Å². The summed E-state index contributed by atoms with van der Waals surface area (Å²) < 4.78 is 60.9. The zero-order valence-corrected chi connectivity index (χ0v) is 18.9. The first-order chi connectivity index (χ1) is 16.2. The quantitative estimate of drug-likeness (QED) is 0.337. The largest absolute Gasteiger partial charge is 0.491 e. The average Bonchev–Trinajstić information content (AvgIpc) is 2.77. The Bertz CT molecular complexity index is 1200. The lowest BCUT2D eigenvalue weighted by molar-refractivity contribution is -0.166. The average molecular weight is 499 g/mol. The van der Waals surface area contributed by atoms with Gasteiger partial charge in [0.1, 0.15) is 18.1 Å². The second kappa shape index (κ2) is 9.95. The molecule has 2 aromatic carbocycles. The van der Waals surface area contributed by atoms with Gasteiger partial charge < -0.3 is 23.7 Å². The molecule has 182 valence electrons. The maximum absolute atomic E-state index is 13.0. The van der Waals surface area contributed by atoms with E-state index in [-0.39, 0.29) is 33.8 Å². The van der Waals surface area contributed by atoms with Gasteiger partial charge >= 0.3 is 6.18 Å². The van der Waals surface area contributed by atoms with Gasteiger partial charge in [0.25, 0.3) is 0 Å². The molecular formula is C24H22ClF3O6. The molecule has 0 unspecified atom stereocenters. The summed E-state index contributed by atoms with van der Waals surface area (Å²) in [6.07, 6.45) is -3.83. The molecule has 0 amide bonds. The summed E-state index contributed by atoms with van der Waals surface area (Å²) in [6.45, 7) is 0.718. The van der Waals surface area contributed by atoms with Gasteiger partial charge in [-0.15, -0.1) is 0 Å². The van der Waals surface area contributed by atoms with E-state index >= 15 is 0 Å². The molecule has 6 nitrogen and oxygen atoms in total. The van der Waals surface area contributed by atoms with Crippen LogP contribution in [0.15, 0.2) is 51.7 Å². The molecular weight excluding hydrogens is 477 g/mol. The first-order valence-electron chi connectivity index (χ1n) is 10.6. The van der Waals surface area contributed by atoms with Gasteiger partial charge in [-0.05, 0) is 49.2 Å². The van der Waals surface area contributed by atoms with Gasteiger partial charge in [-0.25, -0.2) is 0 Å². The summed E-state index contributed by atoms with van der Waals surface area (Å²) in [7, 11) is 1.47. The molecule has 1 aliphatic carbocycles. The van der Waals surface area contributed by atoms with Crippen LogP contribution in [0.5, 0.6) is 5.75 Å². The topological polar surface area (TPSA) is 78.1 Å². The summed E-state index contributed by atoms with van der Waals surface area (Å²) in [4.78, 5) is 12.5. The van der Waals surface area contributed by atoms with Crippen molar-refractivity contribution in [1.29, 1.82) is 0 Å². The van der Waals surface area contributed by atoms with Gasteiger partial charge in [0, 0.05) is 24.7 Å². The second-order valence-corrected chi connectivity index (χ2v) is 8.44. The van der Waals surface area contributed by atoms with Gasteiger partial charge in [0.05, 0.1) is 28.7 Å². The highest BCUT2D eigenvalue weighted by Gasteiger charge is 2.35. The third-order valence-electron chi connectivity index (χ3n) is 5.73. The molecule has 1 saturated carbocycles. The van der Waals surface area contributed by atoms with E-state index in [9.17, 15) is 23.1 Å². The number of methoxy groups -OCH3 is 1. The first kappa shape index (κ1) is 24.5. The Hall–Kier alpha value is -2.59. The molecule has 34 heavy (non-hydrogen) atoms. The van der Waals surface area contributed by atoms with Crippen LogP contribution in [0, 0.1) is 5.92 Å². The van der Waals surface area contributed by atoms with Gasteiger partial charge in [-0.2, -0.15) is 13.2 Å². The molecule has 1 fully saturated rings. The smallest absolute Gasteiger partial charge is 0.416 e. The lowest BCUT2D eigenvalue weighted by atomic mass is 9.82. The molecule has 1 atom stereocenters. The number of rotatable bonds is 8. The molecule has 1 aromatic heterocycles. The van der Waals surface area contributed by atoms with Crippen LogP contribution in [0.1, 0.15) is 18.4 Å². The zero-order chi connectivity index (χ0) is 24.5. The van der Waals surface area contributed by atoms with Crippen LogP contribution < -0.4 is 10.2 Å². The molecule has 0 saturated heterocycles. The van der Waals surface area contributed by atoms with Crippen molar-refractivity contribution < 1.29 is 36.9 Å². The number of aliphatic hydroxyl groups excluding tert-OH is 1. The van der Waals surface area contributed by atoms with Crippen LogP contribution in [0.4, 0.5) is 13.2 Å². The molecule has 1 aliphatic rings. The predicted octanol–water partition coefficient (Wildman–Crippen LogP) is 5.27. The highest BCUT2D eigenvalue weighted by Crippen LogP contribution is 2.36. The predicted molar refractivity (Wildman–Crippen MR) is 119 cm³/mol. The van der Waals surface area contributed by atoms with Crippen molar-refractivity contribution in [3.8, 4) is 17.1 Å². The Kier molecular flexibility index (Phi) is 7.18. The molecule has 0 radical (unpaired) electrons. The maximum Gasteiger partial charge on any atom is 0.416 e. The van der Waals surface area contributed by atoms with E-state index in [1.807, 2.05) is 0 Å². The van der Waals surface area contributed by atoms with Crippen LogP contribution in [0.2, 0.25) is 5.02 Å². The van der Waals surface area contributed by atoms with Gasteiger partial charge in [-0.3, -0.25) is 4.79 Å². The third-order valence-corrected chi connectivity index (χ3v) is 6.01. The Morgan fingerprint density at radius 2 is 1.85 bits per heavy atom. The van der Waals surface area contributed by atoms with Crippen molar-refractivity contribution in [3.63, 3.8) is 0 Å². The lowest BCUT2D eigenvalue weighted by Gasteiger charge is -2.37. The van der Waals surface area contributed by atoms with Crippen molar-refractivity contribution >= 4 is 22.6 Å². The van der Waals surface area contributed by atoms with E-state index in [0.29, 0.717) is 24.5 Å². The fraction of sp³-hybridized carbons (Fsp3) is 0.375. The molecule has 3 aromatic rings. The standard InChI is InChI=1S/C24H22ClF3O6/c1-31-23(30)14-8-17(9-14)33-7-6-32-16-4-2-13(3-5-16)21-12-20(29)18-10-15(24(26,27)28)11-19(25)22(18)34-21/h2-5,10-12,14,17,23,30H,6-9H2,1H3/t14?,17?,23-/m0/s1. The number of fused-ring (bicyclic) bond motifs is 1. The third kappa shape index (κ3) is 5.38. The van der Waals surface area contributed by atoms with Crippen molar-refractivity contribution in [3.05, 3.63) is 63.3 Å². The monoisotopic (exact) mass is 498 g/mol. The Labute approximate surface area is 197 Å². The second-order valence-electron chi connectivity index (χ2n) is 8.03. The number of benzene rings is 2. The Morgan fingerprint density at radius 3 is 2.50 bits per heavy atom. The highest BCUT2D eigenvalue weighted by molar-refractivity contribution is 6.34. The van der Waals surface area contributed by atoms with Crippen LogP contribution in [0.3, 0.4) is 0 Å². The Morgan fingerprint density at radius 1 is 1.15 bits per heavy atom. The summed E-state index contributed by atoms with van der Waals surface area (Å²) in [5.74, 6) is 0.844. The van der Waals surface area contributed by atoms with Crippen LogP contribution in [-0.4, -0.2) is 37.8 Å². The van der Waals surface area contributed by atoms with E-state index in [1.165, 1.54) is 7.11 Å². The zero-order valence-electron chi connectivity index (χ0n) is 18.1. The molecule has 1 heterocycles. The number of halogens is 4. The fourth-order valence-corrected chi connectivity index (χ4v) is 4.04. The molecule has 0 bridgehead atoms. The first-order valence-corrected chi connectivity index (χ1v) is 10.9. The summed E-state index contributed by atoms with van der Waals surface area (Å²) in [5, 5.41) is 9.04. The molecule has 4 rings (SSSR count). The minimum atomic E-state index is -4.63. The lowest BCUT2D eigenvalue weighted by Crippen LogP contribution is -2.40. The number of hydrogen-bond acceptors (Lipinski definition) is 6. The minimum absolute atomic E-state index is 0.0793. The van der Waals surface area contributed by atoms with E-state index < -0.39 is 23.5 Å². The SMILES string of the molecule is CO[C@H](O)C1CC(OCCOc2ccc(-c3cc(=O)c4cc(C(F)(F)F)cc(Cl)c4o3)cc2)C1. The van der Waals surface area contributed by atoms with Crippen LogP contribution in [-0.2, 0) is 15.7 Å². The highest BCUT2D eigenvalue weighted by atomic mass is 35.5. The number of ether oxygens (including phenoxy) is 3. The van der Waals surface area contributed by atoms with Crippen LogP contribution >= 0.6 is 11.6 Å². The van der Waals surface area contributed by atoms with Gasteiger partial charge in [-0.1, -0.05) is 11.6 Å². The van der Waals surface area contributed by atoms with Gasteiger partial charge in [0.2, 0.25) is 0 Å². The van der Waals surface area contributed by atoms with Crippen molar-refractivity contribution in [2.45, 2.75) is 31.4 Å². The fourth-order valence-electron chi connectivity index (χ4n) is 3.78. The summed E-state index contributed by atoms with van der Waals surface area (Å²) in [6, 6.07) is 9.31. The van der Waals surface area contributed by atoms with Crippen molar-refractivity contribution in [2.24, 2.45) is 5.92 Å². The van der Waals surface area contributed by atoms with E-state index in [0.717, 1.165) is 31.0 Å². The number of hydrogen-bond donors (Lipinski definition) is 1. The van der Waals surface area contributed by atoms with E-state index in [1.54, 1.807) is 24.3 Å². The van der Waals surface area contributed by atoms with Crippen LogP contribution in [0.25, 0.3) is 22.3 Å². The summed E-state index contributed by atoms with van der Waals surface area (Å²) in [5.41, 5.74) is -1.21. The van der Waals surface area contributed by atoms with Crippen molar-refractivity contribution in [2.75, 3.05) is 20.3 Å².